The largest absolute Gasteiger partial charge is 0.366 e. The molecule has 0 spiro atoms. The van der Waals surface area contributed by atoms with Gasteiger partial charge < -0.3 is 10.6 Å². The third-order valence-corrected chi connectivity index (χ3v) is 4.32. The fraction of sp³-hybridized carbons (Fsp3) is 0.600. The Labute approximate surface area is 146 Å². The van der Waals surface area contributed by atoms with Gasteiger partial charge in [0, 0.05) is 25.6 Å². The van der Waals surface area contributed by atoms with Crippen LogP contribution in [0.1, 0.15) is 73.4 Å². The molecule has 0 aliphatic heterocycles. The molecular formula is C20H32N2O2. The Hall–Kier alpha value is -1.84. The van der Waals surface area contributed by atoms with Crippen LogP contribution >= 0.6 is 0 Å². The quantitative estimate of drug-likeness (QED) is 0.626. The van der Waals surface area contributed by atoms with E-state index in [1.165, 1.54) is 32.1 Å². The molecule has 0 atom stereocenters. The molecule has 24 heavy (non-hydrogen) atoms. The first kappa shape index (κ1) is 20.2. The van der Waals surface area contributed by atoms with Gasteiger partial charge in [-0.1, -0.05) is 50.7 Å². The molecule has 134 valence electrons. The maximum atomic E-state index is 12.2. The second-order valence-electron chi connectivity index (χ2n) is 6.65. The number of rotatable bonds is 11. The van der Waals surface area contributed by atoms with Gasteiger partial charge in [0.1, 0.15) is 0 Å². The first-order chi connectivity index (χ1) is 11.4. The van der Waals surface area contributed by atoms with E-state index in [-0.39, 0.29) is 5.91 Å². The molecule has 0 unspecified atom stereocenters. The summed E-state index contributed by atoms with van der Waals surface area (Å²) in [6.45, 7) is 4.97. The number of aryl methyl sites for hydroxylation is 2. The van der Waals surface area contributed by atoms with Crippen molar-refractivity contribution < 1.29 is 9.59 Å². The van der Waals surface area contributed by atoms with Crippen LogP contribution in [0.4, 0.5) is 0 Å². The van der Waals surface area contributed by atoms with E-state index in [1.807, 2.05) is 24.9 Å². The van der Waals surface area contributed by atoms with Crippen LogP contribution in [0.5, 0.6) is 0 Å². The van der Waals surface area contributed by atoms with E-state index >= 15 is 0 Å². The van der Waals surface area contributed by atoms with Crippen LogP contribution in [0, 0.1) is 6.92 Å². The van der Waals surface area contributed by atoms with E-state index in [9.17, 15) is 9.59 Å². The summed E-state index contributed by atoms with van der Waals surface area (Å²) in [4.78, 5) is 25.4. The Balaban J connectivity index is 2.36. The second-order valence-corrected chi connectivity index (χ2v) is 6.65. The average Bonchev–Trinajstić information content (AvgIpc) is 2.55. The van der Waals surface area contributed by atoms with Crippen LogP contribution in [0.2, 0.25) is 0 Å². The lowest BCUT2D eigenvalue weighted by Gasteiger charge is -2.17. The third-order valence-electron chi connectivity index (χ3n) is 4.32. The molecule has 0 bridgehead atoms. The predicted molar refractivity (Wildman–Crippen MR) is 99.0 cm³/mol. The number of carbonyl (C=O) groups excluding carboxylic acids is 2. The number of carbonyl (C=O) groups is 2. The summed E-state index contributed by atoms with van der Waals surface area (Å²) in [5.74, 6) is -0.267. The van der Waals surface area contributed by atoms with Crippen molar-refractivity contribution in [3.63, 3.8) is 0 Å². The minimum absolute atomic E-state index is 0.158. The summed E-state index contributed by atoms with van der Waals surface area (Å²) < 4.78 is 0. The van der Waals surface area contributed by atoms with Gasteiger partial charge in [-0.15, -0.1) is 0 Å². The number of unbranched alkanes of at least 4 members (excludes halogenated alkanes) is 5. The highest BCUT2D eigenvalue weighted by Gasteiger charge is 2.10. The fourth-order valence-electron chi connectivity index (χ4n) is 2.85. The molecule has 4 nitrogen and oxygen atoms in total. The number of benzene rings is 1. The van der Waals surface area contributed by atoms with Crippen molar-refractivity contribution in [1.82, 2.24) is 4.90 Å². The Morgan fingerprint density at radius 2 is 1.71 bits per heavy atom. The van der Waals surface area contributed by atoms with Crippen LogP contribution < -0.4 is 5.73 Å². The van der Waals surface area contributed by atoms with Crippen LogP contribution in [0.25, 0.3) is 0 Å². The van der Waals surface area contributed by atoms with Gasteiger partial charge in [-0.05, 0) is 37.5 Å². The first-order valence-corrected chi connectivity index (χ1v) is 9.08. The maximum Gasteiger partial charge on any atom is 0.248 e. The van der Waals surface area contributed by atoms with Gasteiger partial charge in [0.05, 0.1) is 0 Å². The summed E-state index contributed by atoms with van der Waals surface area (Å²) in [5.41, 5.74) is 7.84. The second kappa shape index (κ2) is 10.8. The first-order valence-electron chi connectivity index (χ1n) is 9.08. The normalized spacial score (nSPS) is 10.6. The summed E-state index contributed by atoms with van der Waals surface area (Å²) in [5, 5.41) is 0. The highest BCUT2D eigenvalue weighted by Crippen LogP contribution is 2.12. The van der Waals surface area contributed by atoms with E-state index in [4.69, 9.17) is 5.73 Å². The molecular weight excluding hydrogens is 300 g/mol. The van der Waals surface area contributed by atoms with Crippen LogP contribution in [0.3, 0.4) is 0 Å². The lowest BCUT2D eigenvalue weighted by molar-refractivity contribution is -0.129. The number of nitrogens with two attached hydrogens (primary N) is 1. The van der Waals surface area contributed by atoms with Gasteiger partial charge in [0.15, 0.2) is 0 Å². The van der Waals surface area contributed by atoms with Gasteiger partial charge in [-0.25, -0.2) is 0 Å². The van der Waals surface area contributed by atoms with Gasteiger partial charge in [0.25, 0.3) is 0 Å². The Morgan fingerprint density at radius 3 is 2.38 bits per heavy atom. The fourth-order valence-corrected chi connectivity index (χ4v) is 2.85. The summed E-state index contributed by atoms with van der Waals surface area (Å²) in [6, 6.07) is 5.57. The lowest BCUT2D eigenvalue weighted by Crippen LogP contribution is -2.27. The van der Waals surface area contributed by atoms with Gasteiger partial charge in [-0.2, -0.15) is 0 Å². The number of nitrogens with zero attached hydrogens (tertiary/aromatic N) is 1. The third kappa shape index (κ3) is 7.62. The van der Waals surface area contributed by atoms with Crippen molar-refractivity contribution in [3.05, 3.63) is 34.9 Å². The summed E-state index contributed by atoms with van der Waals surface area (Å²) >= 11 is 0. The molecule has 4 heteroatoms. The van der Waals surface area contributed by atoms with E-state index in [1.54, 1.807) is 12.1 Å². The van der Waals surface area contributed by atoms with Gasteiger partial charge >= 0.3 is 0 Å². The summed E-state index contributed by atoms with van der Waals surface area (Å²) in [7, 11) is 1.87. The number of amides is 2. The zero-order valence-corrected chi connectivity index (χ0v) is 15.4. The standard InChI is InChI=1S/C20H32N2O2/c1-4-5-6-7-8-9-12-22(3)19(23)11-10-17-13-16(2)14-18(15-17)20(21)24/h13-15H,4-12H2,1-3H3,(H2,21,24). The van der Waals surface area contributed by atoms with Crippen molar-refractivity contribution >= 4 is 11.8 Å². The van der Waals surface area contributed by atoms with E-state index in [0.29, 0.717) is 18.4 Å². The molecule has 1 rings (SSSR count). The molecule has 2 N–H and O–H groups in total. The molecule has 0 fully saturated rings. The van der Waals surface area contributed by atoms with Gasteiger partial charge in [0.2, 0.25) is 11.8 Å². The Bertz CT molecular complexity index is 540. The zero-order valence-electron chi connectivity index (χ0n) is 15.4. The minimum atomic E-state index is -0.425. The Morgan fingerprint density at radius 1 is 1.04 bits per heavy atom. The van der Waals surface area contributed by atoms with Crippen LogP contribution in [0.15, 0.2) is 18.2 Å². The zero-order chi connectivity index (χ0) is 17.9. The van der Waals surface area contributed by atoms with Crippen LogP contribution in [-0.2, 0) is 11.2 Å². The number of hydrogen-bond acceptors (Lipinski definition) is 2. The molecule has 0 saturated carbocycles. The SMILES string of the molecule is CCCCCCCCN(C)C(=O)CCc1cc(C)cc(C(N)=O)c1. The highest BCUT2D eigenvalue weighted by molar-refractivity contribution is 5.93. The van der Waals surface area contributed by atoms with E-state index in [2.05, 4.69) is 6.92 Å². The van der Waals surface area contributed by atoms with E-state index < -0.39 is 5.91 Å². The molecule has 0 aliphatic carbocycles. The highest BCUT2D eigenvalue weighted by atomic mass is 16.2. The molecule has 0 aromatic heterocycles. The van der Waals surface area contributed by atoms with E-state index in [0.717, 1.165) is 24.1 Å². The average molecular weight is 332 g/mol. The topological polar surface area (TPSA) is 63.4 Å². The van der Waals surface area contributed by atoms with Crippen molar-refractivity contribution in [3.8, 4) is 0 Å². The molecule has 0 saturated heterocycles. The predicted octanol–water partition coefficient (Wildman–Crippen LogP) is 3.85. The summed E-state index contributed by atoms with van der Waals surface area (Å²) in [6.07, 6.45) is 8.49. The molecule has 0 heterocycles. The van der Waals surface area contributed by atoms with Gasteiger partial charge in [-0.3, -0.25) is 9.59 Å². The molecule has 0 aliphatic rings. The maximum absolute atomic E-state index is 12.2. The molecule has 1 aromatic rings. The number of hydrogen-bond donors (Lipinski definition) is 1. The monoisotopic (exact) mass is 332 g/mol. The Kier molecular flexibility index (Phi) is 9.13. The van der Waals surface area contributed by atoms with Crippen LogP contribution in [-0.4, -0.2) is 30.3 Å². The lowest BCUT2D eigenvalue weighted by atomic mass is 10.0. The van der Waals surface area contributed by atoms with Crippen molar-refractivity contribution in [2.45, 2.75) is 65.2 Å². The van der Waals surface area contributed by atoms with Crippen molar-refractivity contribution in [1.29, 1.82) is 0 Å². The molecule has 0 radical (unpaired) electrons. The minimum Gasteiger partial charge on any atom is -0.366 e. The van der Waals surface area contributed by atoms with Crippen molar-refractivity contribution in [2.24, 2.45) is 5.73 Å². The van der Waals surface area contributed by atoms with Crippen molar-refractivity contribution in [2.75, 3.05) is 13.6 Å². The molecule has 1 aromatic carbocycles. The molecule has 2 amide bonds. The smallest absolute Gasteiger partial charge is 0.248 e. The number of primary amides is 1.